The number of unbranched alkanes of at least 4 members (excludes halogenated alkanes) is 3. The summed E-state index contributed by atoms with van der Waals surface area (Å²) in [5.74, 6) is 0.760. The van der Waals surface area contributed by atoms with Crippen molar-refractivity contribution in [3.63, 3.8) is 0 Å². The second-order valence-corrected chi connectivity index (χ2v) is 9.73. The molecule has 182 valence electrons. The first-order chi connectivity index (χ1) is 16.2. The molecule has 0 radical (unpaired) electrons. The first-order valence-corrected chi connectivity index (χ1v) is 13.7. The molecule has 0 unspecified atom stereocenters. The quantitative estimate of drug-likeness (QED) is 0.256. The number of rotatable bonds is 11. The zero-order valence-electron chi connectivity index (χ0n) is 21.3. The Morgan fingerprint density at radius 2 is 1.61 bits per heavy atom. The Kier molecular flexibility index (Phi) is 14.2. The van der Waals surface area contributed by atoms with Crippen LogP contribution < -0.4 is 5.32 Å². The van der Waals surface area contributed by atoms with Crippen molar-refractivity contribution >= 4 is 11.6 Å². The number of benzene rings is 2. The third-order valence-corrected chi connectivity index (χ3v) is 7.24. The molecule has 1 nitrogen and oxygen atoms in total. The van der Waals surface area contributed by atoms with Gasteiger partial charge in [-0.25, -0.2) is 0 Å². The predicted molar refractivity (Wildman–Crippen MR) is 148 cm³/mol. The highest BCUT2D eigenvalue weighted by atomic mass is 35.5. The van der Waals surface area contributed by atoms with Crippen LogP contribution in [0, 0.1) is 0 Å². The molecule has 2 heteroatoms. The van der Waals surface area contributed by atoms with Gasteiger partial charge in [-0.05, 0) is 106 Å². The van der Waals surface area contributed by atoms with Gasteiger partial charge in [-0.3, -0.25) is 0 Å². The van der Waals surface area contributed by atoms with E-state index in [2.05, 4.69) is 68.6 Å². The average Bonchev–Trinajstić information content (AvgIpc) is 2.87. The van der Waals surface area contributed by atoms with Crippen molar-refractivity contribution in [1.82, 2.24) is 5.32 Å². The second-order valence-electron chi connectivity index (χ2n) is 9.32. The highest BCUT2D eigenvalue weighted by molar-refractivity contribution is 6.31. The Hall–Kier alpha value is -1.57. The van der Waals surface area contributed by atoms with E-state index in [4.69, 9.17) is 11.6 Å². The van der Waals surface area contributed by atoms with Crippen molar-refractivity contribution in [3.05, 3.63) is 81.9 Å². The lowest BCUT2D eigenvalue weighted by Crippen LogP contribution is -2.26. The SMILES string of the molecule is C/C=C(\CC)CCCC.Clc1ccccc1CCCCCc1ccc(C2CCNCC2)cc1. The van der Waals surface area contributed by atoms with Crippen molar-refractivity contribution in [2.75, 3.05) is 13.1 Å². The Bertz CT molecular complexity index is 787. The maximum atomic E-state index is 6.21. The molecule has 0 aliphatic carbocycles. The Morgan fingerprint density at radius 3 is 2.24 bits per heavy atom. The fourth-order valence-electron chi connectivity index (χ4n) is 4.56. The molecule has 0 spiro atoms. The summed E-state index contributed by atoms with van der Waals surface area (Å²) in [5, 5.41) is 4.35. The van der Waals surface area contributed by atoms with E-state index in [1.165, 1.54) is 80.9 Å². The molecule has 1 heterocycles. The molecule has 1 aliphatic rings. The maximum Gasteiger partial charge on any atom is 0.0437 e. The third-order valence-electron chi connectivity index (χ3n) is 6.87. The molecule has 0 aromatic heterocycles. The van der Waals surface area contributed by atoms with Crippen LogP contribution in [-0.4, -0.2) is 13.1 Å². The summed E-state index contributed by atoms with van der Waals surface area (Å²) in [6.07, 6.45) is 16.0. The van der Waals surface area contributed by atoms with Crippen LogP contribution in [-0.2, 0) is 12.8 Å². The first-order valence-electron chi connectivity index (χ1n) is 13.3. The lowest BCUT2D eigenvalue weighted by molar-refractivity contribution is 0.460. The molecule has 1 N–H and O–H groups in total. The molecule has 0 atom stereocenters. The molecule has 1 fully saturated rings. The molecule has 2 aromatic carbocycles. The molecule has 33 heavy (non-hydrogen) atoms. The van der Waals surface area contributed by atoms with Gasteiger partial charge in [0.25, 0.3) is 0 Å². The van der Waals surface area contributed by atoms with Gasteiger partial charge in [0.1, 0.15) is 0 Å². The van der Waals surface area contributed by atoms with Gasteiger partial charge in [-0.2, -0.15) is 0 Å². The van der Waals surface area contributed by atoms with E-state index in [1.54, 1.807) is 5.57 Å². The van der Waals surface area contributed by atoms with E-state index in [1.807, 2.05) is 12.1 Å². The minimum absolute atomic E-state index is 0.760. The van der Waals surface area contributed by atoms with E-state index in [9.17, 15) is 0 Å². The van der Waals surface area contributed by atoms with E-state index >= 15 is 0 Å². The van der Waals surface area contributed by atoms with E-state index in [0.717, 1.165) is 30.5 Å². The van der Waals surface area contributed by atoms with Gasteiger partial charge >= 0.3 is 0 Å². The first kappa shape index (κ1) is 27.7. The van der Waals surface area contributed by atoms with Crippen LogP contribution in [0.15, 0.2) is 60.2 Å². The van der Waals surface area contributed by atoms with Crippen LogP contribution in [0.4, 0.5) is 0 Å². The smallest absolute Gasteiger partial charge is 0.0437 e. The van der Waals surface area contributed by atoms with Crippen molar-refractivity contribution in [1.29, 1.82) is 0 Å². The summed E-state index contributed by atoms with van der Waals surface area (Å²) in [7, 11) is 0. The average molecular weight is 468 g/mol. The Morgan fingerprint density at radius 1 is 0.909 bits per heavy atom. The molecule has 0 bridgehead atoms. The number of hydrogen-bond acceptors (Lipinski definition) is 1. The Labute approximate surface area is 209 Å². The molecule has 2 aromatic rings. The predicted octanol–water partition coefficient (Wildman–Crippen LogP) is 9.30. The minimum atomic E-state index is 0.760. The van der Waals surface area contributed by atoms with Crippen LogP contribution >= 0.6 is 11.6 Å². The van der Waals surface area contributed by atoms with E-state index < -0.39 is 0 Å². The largest absolute Gasteiger partial charge is 0.317 e. The second kappa shape index (κ2) is 17.0. The van der Waals surface area contributed by atoms with Gasteiger partial charge in [0.15, 0.2) is 0 Å². The lowest BCUT2D eigenvalue weighted by atomic mass is 9.89. The standard InChI is InChI=1S/C22H28ClN.C9H18/c23-22-9-5-4-8-21(22)7-3-1-2-6-18-10-12-19(13-11-18)20-14-16-24-17-15-20;1-4-7-8-9(5-2)6-3/h4-5,8-13,20,24H,1-3,6-7,14-17H2;5H,4,6-8H2,1-3H3/b;9-5+. The summed E-state index contributed by atoms with van der Waals surface area (Å²) in [4.78, 5) is 0. The van der Waals surface area contributed by atoms with Crippen molar-refractivity contribution < 1.29 is 0 Å². The number of halogens is 1. The van der Waals surface area contributed by atoms with Crippen LogP contribution in [0.2, 0.25) is 5.02 Å². The number of aryl methyl sites for hydroxylation is 2. The number of nitrogens with one attached hydrogen (secondary N) is 1. The van der Waals surface area contributed by atoms with Crippen molar-refractivity contribution in [3.8, 4) is 0 Å². The number of piperidine rings is 1. The fraction of sp³-hybridized carbons (Fsp3) is 0.548. The molecular weight excluding hydrogens is 422 g/mol. The van der Waals surface area contributed by atoms with Gasteiger partial charge in [0.2, 0.25) is 0 Å². The molecule has 1 saturated heterocycles. The van der Waals surface area contributed by atoms with Gasteiger partial charge in [-0.15, -0.1) is 0 Å². The van der Waals surface area contributed by atoms with Gasteiger partial charge in [-0.1, -0.05) is 92.4 Å². The molecule has 0 amide bonds. The summed E-state index contributed by atoms with van der Waals surface area (Å²) in [5.41, 5.74) is 5.90. The highest BCUT2D eigenvalue weighted by Crippen LogP contribution is 2.25. The Balaban J connectivity index is 0.000000365. The van der Waals surface area contributed by atoms with Gasteiger partial charge in [0, 0.05) is 5.02 Å². The third kappa shape index (κ3) is 10.9. The van der Waals surface area contributed by atoms with Gasteiger partial charge < -0.3 is 5.32 Å². The van der Waals surface area contributed by atoms with E-state index in [-0.39, 0.29) is 0 Å². The minimum Gasteiger partial charge on any atom is -0.317 e. The molecule has 1 aliphatic heterocycles. The molecule has 0 saturated carbocycles. The summed E-state index contributed by atoms with van der Waals surface area (Å²) in [6, 6.07) is 17.6. The van der Waals surface area contributed by atoms with Crippen LogP contribution in [0.25, 0.3) is 0 Å². The maximum absolute atomic E-state index is 6.21. The van der Waals surface area contributed by atoms with Gasteiger partial charge in [0.05, 0.1) is 0 Å². The van der Waals surface area contributed by atoms with Crippen LogP contribution in [0.3, 0.4) is 0 Å². The van der Waals surface area contributed by atoms with Crippen molar-refractivity contribution in [2.24, 2.45) is 0 Å². The van der Waals surface area contributed by atoms with E-state index in [0.29, 0.717) is 0 Å². The zero-order chi connectivity index (χ0) is 23.7. The molecular formula is C31H46ClN. The highest BCUT2D eigenvalue weighted by Gasteiger charge is 2.14. The topological polar surface area (TPSA) is 12.0 Å². The number of allylic oxidation sites excluding steroid dienone is 2. The summed E-state index contributed by atoms with van der Waals surface area (Å²) >= 11 is 6.21. The zero-order valence-corrected chi connectivity index (χ0v) is 22.1. The summed E-state index contributed by atoms with van der Waals surface area (Å²) < 4.78 is 0. The summed E-state index contributed by atoms with van der Waals surface area (Å²) in [6.45, 7) is 8.93. The number of hydrogen-bond donors (Lipinski definition) is 1. The monoisotopic (exact) mass is 467 g/mol. The normalized spacial score (nSPS) is 14.6. The van der Waals surface area contributed by atoms with Crippen LogP contribution in [0.5, 0.6) is 0 Å². The fourth-order valence-corrected chi connectivity index (χ4v) is 4.79. The lowest BCUT2D eigenvalue weighted by Gasteiger charge is -2.23. The van der Waals surface area contributed by atoms with Crippen molar-refractivity contribution in [2.45, 2.75) is 97.3 Å². The van der Waals surface area contributed by atoms with Crippen LogP contribution in [0.1, 0.15) is 101 Å². The molecule has 3 rings (SSSR count).